The van der Waals surface area contributed by atoms with E-state index >= 15 is 0 Å². The van der Waals surface area contributed by atoms with E-state index in [4.69, 9.17) is 5.73 Å². The lowest BCUT2D eigenvalue weighted by molar-refractivity contribution is -0.124. The first-order valence-electron chi connectivity index (χ1n) is 9.61. The Hall–Kier alpha value is -3.47. The molecule has 0 bridgehead atoms. The Bertz CT molecular complexity index is 951. The van der Waals surface area contributed by atoms with Crippen molar-refractivity contribution in [3.05, 3.63) is 52.5 Å². The van der Waals surface area contributed by atoms with Crippen molar-refractivity contribution in [3.63, 3.8) is 0 Å². The van der Waals surface area contributed by atoms with Crippen LogP contribution in [0.1, 0.15) is 42.7 Å². The number of nitrogens with two attached hydrogens (primary N) is 1. The number of nitrogens with one attached hydrogen (secondary N) is 1. The van der Waals surface area contributed by atoms with E-state index in [2.05, 4.69) is 16.4 Å². The molecule has 7 nitrogen and oxygen atoms in total. The molecule has 0 fully saturated rings. The average molecular weight is 413 g/mol. The highest BCUT2D eigenvalue weighted by Gasteiger charge is 2.27. The third-order valence-electron chi connectivity index (χ3n) is 4.67. The molecule has 0 aliphatic rings. The van der Waals surface area contributed by atoms with Gasteiger partial charge in [0.05, 0.1) is 12.0 Å². The molecule has 0 saturated heterocycles. The Morgan fingerprint density at radius 1 is 1.20 bits per heavy atom. The smallest absolute Gasteiger partial charge is 0.249 e. The number of carbonyl (C=O) groups is 2. The summed E-state index contributed by atoms with van der Waals surface area (Å²) in [6, 6.07) is 6.43. The standard InChI is InChI=1S/C20H22FN5O2.C2H6/c1-11-12(2)16(10-22)19(24-13(11)3)25-17(9-18(23)27)20(28)26(4)15-7-5-14(21)6-8-15;1-2/h5-8,17H,9H2,1-4H3,(H2,23,27)(H,24,25);1-2H3/t17-;/m0./s1. The molecule has 3 N–H and O–H groups in total. The van der Waals surface area contributed by atoms with Gasteiger partial charge in [0.1, 0.15) is 23.7 Å². The third kappa shape index (κ3) is 5.77. The SMILES string of the molecule is CC.Cc1nc(N[C@@H](CC(N)=O)C(=O)N(C)c2ccc(F)cc2)c(C#N)c(C)c1C. The highest BCUT2D eigenvalue weighted by Crippen LogP contribution is 2.24. The molecule has 0 unspecified atom stereocenters. The van der Waals surface area contributed by atoms with Crippen LogP contribution in [0.3, 0.4) is 0 Å². The molecule has 0 aliphatic carbocycles. The lowest BCUT2D eigenvalue weighted by Gasteiger charge is -2.25. The predicted molar refractivity (Wildman–Crippen MR) is 116 cm³/mol. The van der Waals surface area contributed by atoms with Gasteiger partial charge in [0.2, 0.25) is 11.8 Å². The van der Waals surface area contributed by atoms with Gasteiger partial charge >= 0.3 is 0 Å². The summed E-state index contributed by atoms with van der Waals surface area (Å²) in [5.74, 6) is -1.36. The maximum atomic E-state index is 13.1. The Kier molecular flexibility index (Phi) is 8.93. The summed E-state index contributed by atoms with van der Waals surface area (Å²) in [5.41, 5.74) is 8.39. The first kappa shape index (κ1) is 24.6. The van der Waals surface area contributed by atoms with Gasteiger partial charge in [-0.25, -0.2) is 9.37 Å². The normalized spacial score (nSPS) is 10.9. The van der Waals surface area contributed by atoms with E-state index in [0.717, 1.165) is 11.1 Å². The van der Waals surface area contributed by atoms with E-state index in [0.29, 0.717) is 16.9 Å². The first-order valence-corrected chi connectivity index (χ1v) is 9.61. The highest BCUT2D eigenvalue weighted by molar-refractivity contribution is 6.00. The molecule has 1 aromatic heterocycles. The lowest BCUT2D eigenvalue weighted by Crippen LogP contribution is -2.43. The molecule has 2 amide bonds. The first-order chi connectivity index (χ1) is 14.1. The van der Waals surface area contributed by atoms with E-state index in [1.54, 1.807) is 13.8 Å². The Labute approximate surface area is 176 Å². The minimum Gasteiger partial charge on any atom is -0.370 e. The monoisotopic (exact) mass is 413 g/mol. The number of amides is 2. The van der Waals surface area contributed by atoms with Crippen molar-refractivity contribution in [2.45, 2.75) is 47.1 Å². The van der Waals surface area contributed by atoms with Gasteiger partial charge in [0, 0.05) is 18.4 Å². The molecule has 2 rings (SSSR count). The van der Waals surface area contributed by atoms with Crippen molar-refractivity contribution in [3.8, 4) is 6.07 Å². The molecule has 30 heavy (non-hydrogen) atoms. The van der Waals surface area contributed by atoms with Crippen LogP contribution in [0.2, 0.25) is 0 Å². The van der Waals surface area contributed by atoms with Gasteiger partial charge in [-0.1, -0.05) is 13.8 Å². The van der Waals surface area contributed by atoms with Crippen molar-refractivity contribution in [2.24, 2.45) is 5.73 Å². The molecular weight excluding hydrogens is 385 g/mol. The van der Waals surface area contributed by atoms with Crippen molar-refractivity contribution >= 4 is 23.3 Å². The number of aromatic nitrogens is 1. The number of carbonyl (C=O) groups excluding carboxylic acids is 2. The molecule has 1 aromatic carbocycles. The van der Waals surface area contributed by atoms with Gasteiger partial charge in [0.15, 0.2) is 0 Å². The summed E-state index contributed by atoms with van der Waals surface area (Å²) >= 11 is 0. The molecule has 2 aromatic rings. The maximum Gasteiger partial charge on any atom is 0.249 e. The zero-order valence-corrected chi connectivity index (χ0v) is 18.2. The fourth-order valence-electron chi connectivity index (χ4n) is 2.78. The molecule has 0 saturated carbocycles. The minimum atomic E-state index is -1.03. The summed E-state index contributed by atoms with van der Waals surface area (Å²) in [6.07, 6.45) is -0.289. The minimum absolute atomic E-state index is 0.218. The van der Waals surface area contributed by atoms with Gasteiger partial charge in [-0.05, 0) is 56.2 Å². The van der Waals surface area contributed by atoms with Gasteiger partial charge in [-0.3, -0.25) is 9.59 Å². The summed E-state index contributed by atoms with van der Waals surface area (Å²) in [6.45, 7) is 9.45. The second-order valence-electron chi connectivity index (χ2n) is 6.52. The molecular formula is C22H28FN5O2. The van der Waals surface area contributed by atoms with Crippen molar-refractivity contribution < 1.29 is 14.0 Å². The number of benzene rings is 1. The molecule has 160 valence electrons. The quantitative estimate of drug-likeness (QED) is 0.754. The number of halogens is 1. The van der Waals surface area contributed by atoms with Crippen LogP contribution in [0.15, 0.2) is 24.3 Å². The molecule has 0 spiro atoms. The Morgan fingerprint density at radius 2 is 1.77 bits per heavy atom. The number of primary amides is 1. The van der Waals surface area contributed by atoms with Crippen LogP contribution in [0, 0.1) is 37.9 Å². The maximum absolute atomic E-state index is 13.1. The number of nitrogens with zero attached hydrogens (tertiary/aromatic N) is 3. The van der Waals surface area contributed by atoms with Crippen LogP contribution in [0.25, 0.3) is 0 Å². The van der Waals surface area contributed by atoms with E-state index < -0.39 is 23.7 Å². The summed E-state index contributed by atoms with van der Waals surface area (Å²) in [4.78, 5) is 30.1. The summed E-state index contributed by atoms with van der Waals surface area (Å²) in [5, 5.41) is 12.4. The van der Waals surface area contributed by atoms with Gasteiger partial charge in [0.25, 0.3) is 0 Å². The predicted octanol–water partition coefficient (Wildman–Crippen LogP) is 3.36. The zero-order valence-electron chi connectivity index (χ0n) is 18.2. The fourth-order valence-corrected chi connectivity index (χ4v) is 2.78. The summed E-state index contributed by atoms with van der Waals surface area (Å²) in [7, 11) is 1.51. The highest BCUT2D eigenvalue weighted by atomic mass is 19.1. The summed E-state index contributed by atoms with van der Waals surface area (Å²) < 4.78 is 13.1. The lowest BCUT2D eigenvalue weighted by atomic mass is 10.0. The van der Waals surface area contributed by atoms with E-state index in [1.165, 1.54) is 36.2 Å². The second kappa shape index (κ2) is 10.9. The van der Waals surface area contributed by atoms with Crippen LogP contribution in [-0.4, -0.2) is 29.9 Å². The molecule has 1 atom stereocenters. The number of nitriles is 1. The molecule has 8 heteroatoms. The van der Waals surface area contributed by atoms with E-state index in [1.807, 2.05) is 20.8 Å². The van der Waals surface area contributed by atoms with Gasteiger partial charge in [-0.15, -0.1) is 0 Å². The van der Waals surface area contributed by atoms with Crippen molar-refractivity contribution in [2.75, 3.05) is 17.3 Å². The number of likely N-dealkylation sites (N-methyl/N-ethyl adjacent to an activating group) is 1. The number of anilines is 2. The molecule has 0 radical (unpaired) electrons. The van der Waals surface area contributed by atoms with Crippen molar-refractivity contribution in [1.82, 2.24) is 4.98 Å². The number of rotatable bonds is 6. The van der Waals surface area contributed by atoms with E-state index in [9.17, 15) is 19.2 Å². The van der Waals surface area contributed by atoms with Crippen LogP contribution < -0.4 is 16.0 Å². The third-order valence-corrected chi connectivity index (χ3v) is 4.67. The number of pyridine rings is 1. The molecule has 1 heterocycles. The number of hydrogen-bond acceptors (Lipinski definition) is 5. The van der Waals surface area contributed by atoms with Crippen LogP contribution in [0.5, 0.6) is 0 Å². The van der Waals surface area contributed by atoms with Crippen LogP contribution in [-0.2, 0) is 9.59 Å². The number of hydrogen-bond donors (Lipinski definition) is 2. The van der Waals surface area contributed by atoms with Gasteiger partial charge in [-0.2, -0.15) is 5.26 Å². The number of aryl methyl sites for hydroxylation is 1. The van der Waals surface area contributed by atoms with Crippen molar-refractivity contribution in [1.29, 1.82) is 5.26 Å². The van der Waals surface area contributed by atoms with Crippen LogP contribution >= 0.6 is 0 Å². The largest absolute Gasteiger partial charge is 0.370 e. The fraction of sp³-hybridized carbons (Fsp3) is 0.364. The average Bonchev–Trinajstić information content (AvgIpc) is 2.72. The zero-order chi connectivity index (χ0) is 23.0. The van der Waals surface area contributed by atoms with Gasteiger partial charge < -0.3 is 16.0 Å². The Morgan fingerprint density at radius 3 is 2.27 bits per heavy atom. The van der Waals surface area contributed by atoms with Crippen LogP contribution in [0.4, 0.5) is 15.9 Å². The second-order valence-corrected chi connectivity index (χ2v) is 6.52. The molecule has 0 aliphatic heterocycles. The topological polar surface area (TPSA) is 112 Å². The Balaban J connectivity index is 0.00000218. The van der Waals surface area contributed by atoms with E-state index in [-0.39, 0.29) is 12.2 Å².